The van der Waals surface area contributed by atoms with Crippen LogP contribution in [0, 0.1) is 24.0 Å². The van der Waals surface area contributed by atoms with Crippen molar-refractivity contribution in [1.29, 1.82) is 0 Å². The second kappa shape index (κ2) is 8.96. The third-order valence-electron chi connectivity index (χ3n) is 4.83. The van der Waals surface area contributed by atoms with Gasteiger partial charge in [-0.2, -0.15) is 5.10 Å². The van der Waals surface area contributed by atoms with Crippen LogP contribution < -0.4 is 4.80 Å². The summed E-state index contributed by atoms with van der Waals surface area (Å²) in [6.45, 7) is 8.32. The molecule has 0 aliphatic rings. The first-order valence-corrected chi connectivity index (χ1v) is 10.4. The first-order valence-electron chi connectivity index (χ1n) is 9.57. The molecule has 0 fully saturated rings. The van der Waals surface area contributed by atoms with Crippen LogP contribution in [0.3, 0.4) is 0 Å². The smallest absolute Gasteiger partial charge is 0.258 e. The van der Waals surface area contributed by atoms with E-state index in [1.54, 1.807) is 12.1 Å². The second-order valence-electron chi connectivity index (χ2n) is 6.77. The Hall–Kier alpha value is -3.06. The molecule has 0 aliphatic carbocycles. The first kappa shape index (κ1) is 20.7. The Morgan fingerprint density at radius 1 is 1.07 bits per heavy atom. The Kier molecular flexibility index (Phi) is 6.39. The third kappa shape index (κ3) is 4.68. The quantitative estimate of drug-likeness (QED) is 0.285. The molecule has 0 N–H and O–H groups in total. The molecule has 0 aliphatic heterocycles. The van der Waals surface area contributed by atoms with Crippen molar-refractivity contribution in [3.8, 4) is 11.3 Å². The maximum absolute atomic E-state index is 11.0. The van der Waals surface area contributed by atoms with Crippen molar-refractivity contribution in [1.82, 2.24) is 4.68 Å². The fourth-order valence-electron chi connectivity index (χ4n) is 2.86. The van der Waals surface area contributed by atoms with Crippen LogP contribution in [-0.4, -0.2) is 15.3 Å². The van der Waals surface area contributed by atoms with Gasteiger partial charge in [-0.3, -0.25) is 10.1 Å². The molecule has 1 heterocycles. The van der Waals surface area contributed by atoms with E-state index in [1.165, 1.54) is 34.6 Å². The van der Waals surface area contributed by atoms with Crippen LogP contribution in [-0.2, 0) is 0 Å². The molecule has 3 aromatic rings. The number of thiazole rings is 1. The molecule has 0 saturated carbocycles. The van der Waals surface area contributed by atoms with Gasteiger partial charge in [-0.05, 0) is 62.1 Å². The minimum absolute atomic E-state index is 0.0712. The molecule has 2 aromatic carbocycles. The standard InChI is InChI=1S/C22H24N4O2S/c1-5-18(6-2)24-25-21(17-8-11-20(12-9-17)26(27)28)14-29-22(25)23-19-10-7-15(3)16(4)13-19/h7-14H,5-6H2,1-4H3. The van der Waals surface area contributed by atoms with Crippen molar-refractivity contribution < 1.29 is 4.92 Å². The minimum atomic E-state index is -0.392. The number of non-ortho nitro benzene ring substituents is 1. The van der Waals surface area contributed by atoms with Crippen molar-refractivity contribution in [3.05, 3.63) is 73.9 Å². The summed E-state index contributed by atoms with van der Waals surface area (Å²) < 4.78 is 1.85. The lowest BCUT2D eigenvalue weighted by molar-refractivity contribution is -0.384. The van der Waals surface area contributed by atoms with Crippen molar-refractivity contribution in [2.75, 3.05) is 0 Å². The van der Waals surface area contributed by atoms with Gasteiger partial charge in [0.2, 0.25) is 4.80 Å². The van der Waals surface area contributed by atoms with Crippen LogP contribution in [0.25, 0.3) is 11.3 Å². The normalized spacial score (nSPS) is 11.5. The molecular formula is C22H24N4O2S. The van der Waals surface area contributed by atoms with E-state index < -0.39 is 4.92 Å². The zero-order chi connectivity index (χ0) is 21.0. The Morgan fingerprint density at radius 3 is 2.34 bits per heavy atom. The molecule has 1 aromatic heterocycles. The molecular weight excluding hydrogens is 384 g/mol. The van der Waals surface area contributed by atoms with Crippen molar-refractivity contribution in [3.63, 3.8) is 0 Å². The van der Waals surface area contributed by atoms with Crippen molar-refractivity contribution in [2.24, 2.45) is 10.1 Å². The van der Waals surface area contributed by atoms with Gasteiger partial charge in [0, 0.05) is 28.8 Å². The van der Waals surface area contributed by atoms with Gasteiger partial charge in [0.05, 0.1) is 16.3 Å². The molecule has 150 valence electrons. The maximum atomic E-state index is 11.0. The second-order valence-corrected chi connectivity index (χ2v) is 7.61. The largest absolute Gasteiger partial charge is 0.269 e. The third-order valence-corrected chi connectivity index (χ3v) is 5.65. The molecule has 0 spiro atoms. The molecule has 0 amide bonds. The molecule has 0 radical (unpaired) electrons. The minimum Gasteiger partial charge on any atom is -0.258 e. The SMILES string of the molecule is CCC(CC)=Nn1c(-c2ccc([N+](=O)[O-])cc2)csc1=Nc1ccc(C)c(C)c1. The Labute approximate surface area is 174 Å². The monoisotopic (exact) mass is 408 g/mol. The molecule has 29 heavy (non-hydrogen) atoms. The van der Waals surface area contributed by atoms with E-state index in [1.807, 2.05) is 16.1 Å². The van der Waals surface area contributed by atoms with Gasteiger partial charge in [-0.25, -0.2) is 9.67 Å². The number of aromatic nitrogens is 1. The average Bonchev–Trinajstić information content (AvgIpc) is 3.11. The Balaban J connectivity index is 2.17. The van der Waals surface area contributed by atoms with Crippen molar-refractivity contribution >= 4 is 28.4 Å². The van der Waals surface area contributed by atoms with Crippen LogP contribution in [0.4, 0.5) is 11.4 Å². The van der Waals surface area contributed by atoms with E-state index in [9.17, 15) is 10.1 Å². The van der Waals surface area contributed by atoms with E-state index in [4.69, 9.17) is 10.1 Å². The number of nitro groups is 1. The summed E-state index contributed by atoms with van der Waals surface area (Å²) in [7, 11) is 0. The lowest BCUT2D eigenvalue weighted by atomic mass is 10.1. The van der Waals surface area contributed by atoms with Crippen molar-refractivity contribution in [2.45, 2.75) is 40.5 Å². The van der Waals surface area contributed by atoms with Gasteiger partial charge in [0.15, 0.2) is 0 Å². The fourth-order valence-corrected chi connectivity index (χ4v) is 3.71. The number of nitrogens with zero attached hydrogens (tertiary/aromatic N) is 4. The topological polar surface area (TPSA) is 72.8 Å². The number of rotatable bonds is 6. The molecule has 0 bridgehead atoms. The molecule has 3 rings (SSSR count). The molecule has 7 heteroatoms. The van der Waals surface area contributed by atoms with Crippen LogP contribution in [0.15, 0.2) is 57.9 Å². The maximum Gasteiger partial charge on any atom is 0.269 e. The average molecular weight is 409 g/mol. The highest BCUT2D eigenvalue weighted by Crippen LogP contribution is 2.24. The Morgan fingerprint density at radius 2 is 1.76 bits per heavy atom. The predicted molar refractivity (Wildman–Crippen MR) is 119 cm³/mol. The van der Waals surface area contributed by atoms with Gasteiger partial charge in [-0.15, -0.1) is 11.3 Å². The van der Waals surface area contributed by atoms with E-state index in [0.717, 1.165) is 40.3 Å². The van der Waals surface area contributed by atoms with Gasteiger partial charge in [-0.1, -0.05) is 19.9 Å². The summed E-state index contributed by atoms with van der Waals surface area (Å²) in [6.07, 6.45) is 1.70. The summed E-state index contributed by atoms with van der Waals surface area (Å²) in [5.74, 6) is 0. The number of hydrogen-bond donors (Lipinski definition) is 0. The summed E-state index contributed by atoms with van der Waals surface area (Å²) in [5.41, 5.74) is 6.16. The lowest BCUT2D eigenvalue weighted by Gasteiger charge is -2.07. The molecule has 6 nitrogen and oxygen atoms in total. The van der Waals surface area contributed by atoms with Gasteiger partial charge in [0.1, 0.15) is 0 Å². The highest BCUT2D eigenvalue weighted by atomic mass is 32.1. The number of nitro benzene ring substituents is 1. The molecule has 0 atom stereocenters. The lowest BCUT2D eigenvalue weighted by Crippen LogP contribution is -2.14. The number of hydrogen-bond acceptors (Lipinski definition) is 5. The molecule has 0 saturated heterocycles. The highest BCUT2D eigenvalue weighted by molar-refractivity contribution is 7.07. The summed E-state index contributed by atoms with van der Waals surface area (Å²) in [5, 5.41) is 17.8. The predicted octanol–water partition coefficient (Wildman–Crippen LogP) is 6.00. The summed E-state index contributed by atoms with van der Waals surface area (Å²) in [6, 6.07) is 12.7. The highest BCUT2D eigenvalue weighted by Gasteiger charge is 2.11. The summed E-state index contributed by atoms with van der Waals surface area (Å²) in [4.78, 5) is 16.2. The molecule has 0 unspecified atom stereocenters. The van der Waals surface area contributed by atoms with Crippen LogP contribution in [0.5, 0.6) is 0 Å². The zero-order valence-electron chi connectivity index (χ0n) is 17.0. The van der Waals surface area contributed by atoms with Gasteiger partial charge < -0.3 is 0 Å². The zero-order valence-corrected chi connectivity index (χ0v) is 17.9. The fraction of sp³-hybridized carbons (Fsp3) is 0.273. The van der Waals surface area contributed by atoms with E-state index in [2.05, 4.69) is 39.8 Å². The summed E-state index contributed by atoms with van der Waals surface area (Å²) >= 11 is 1.50. The van der Waals surface area contributed by atoms with E-state index in [-0.39, 0.29) is 5.69 Å². The number of benzene rings is 2. The van der Waals surface area contributed by atoms with Crippen LogP contribution in [0.1, 0.15) is 37.8 Å². The van der Waals surface area contributed by atoms with E-state index >= 15 is 0 Å². The van der Waals surface area contributed by atoms with E-state index in [0.29, 0.717) is 0 Å². The number of aryl methyl sites for hydroxylation is 2. The van der Waals surface area contributed by atoms with Crippen LogP contribution >= 0.6 is 11.3 Å². The van der Waals surface area contributed by atoms with Crippen LogP contribution in [0.2, 0.25) is 0 Å². The Bertz CT molecular complexity index is 1120. The first-order chi connectivity index (χ1) is 13.9. The van der Waals surface area contributed by atoms with Gasteiger partial charge >= 0.3 is 0 Å². The van der Waals surface area contributed by atoms with Gasteiger partial charge in [0.25, 0.3) is 5.69 Å².